The number of nitrogens with zero attached hydrogens (tertiary/aromatic N) is 2. The molecule has 1 aromatic rings. The molecule has 0 amide bonds. The van der Waals surface area contributed by atoms with Crippen LogP contribution >= 0.6 is 34.8 Å². The first-order chi connectivity index (χ1) is 6.45. The van der Waals surface area contributed by atoms with Gasteiger partial charge in [-0.2, -0.15) is 0 Å². The van der Waals surface area contributed by atoms with E-state index in [1.165, 1.54) is 19.5 Å². The third-order valence-electron chi connectivity index (χ3n) is 1.33. The first-order valence-electron chi connectivity index (χ1n) is 3.42. The van der Waals surface area contributed by atoms with E-state index in [-0.39, 0.29) is 11.4 Å². The number of aromatic nitrogens is 2. The van der Waals surface area contributed by atoms with Crippen LogP contribution in [-0.4, -0.2) is 23.0 Å². The van der Waals surface area contributed by atoms with Crippen molar-refractivity contribution in [3.05, 3.63) is 23.8 Å². The molecular formula is C7H5Cl3N2O2. The number of alkyl halides is 3. The molecule has 0 aliphatic carbocycles. The van der Waals surface area contributed by atoms with Crippen molar-refractivity contribution >= 4 is 40.8 Å². The average molecular weight is 255 g/mol. The normalized spacial score (nSPS) is 11.1. The summed E-state index contributed by atoms with van der Waals surface area (Å²) in [6.07, 6.45) is 2.46. The van der Waals surface area contributed by atoms with Gasteiger partial charge in [0.05, 0.1) is 12.7 Å². The molecule has 1 rings (SSSR count). The topological polar surface area (TPSA) is 52.1 Å². The second kappa shape index (κ2) is 4.29. The zero-order valence-corrected chi connectivity index (χ0v) is 9.27. The lowest BCUT2D eigenvalue weighted by atomic mass is 10.3. The van der Waals surface area contributed by atoms with Gasteiger partial charge in [0.1, 0.15) is 0 Å². The van der Waals surface area contributed by atoms with Crippen molar-refractivity contribution in [3.63, 3.8) is 0 Å². The molecule has 1 heterocycles. The number of methoxy groups -OCH3 is 1. The van der Waals surface area contributed by atoms with Crippen LogP contribution in [0.15, 0.2) is 12.4 Å². The van der Waals surface area contributed by atoms with Gasteiger partial charge in [0, 0.05) is 12.4 Å². The van der Waals surface area contributed by atoms with E-state index in [4.69, 9.17) is 34.8 Å². The highest BCUT2D eigenvalue weighted by Crippen LogP contribution is 2.35. The van der Waals surface area contributed by atoms with Crippen LogP contribution in [0, 0.1) is 0 Å². The Kier molecular flexibility index (Phi) is 3.53. The van der Waals surface area contributed by atoms with Crippen molar-refractivity contribution in [1.82, 2.24) is 9.97 Å². The third kappa shape index (κ3) is 2.70. The molecule has 0 atom stereocenters. The molecule has 1 aromatic heterocycles. The van der Waals surface area contributed by atoms with E-state index < -0.39 is 9.76 Å². The summed E-state index contributed by atoms with van der Waals surface area (Å²) in [7, 11) is 1.26. The van der Waals surface area contributed by atoms with Gasteiger partial charge in [-0.3, -0.25) is 0 Å². The van der Waals surface area contributed by atoms with Crippen LogP contribution in [0.3, 0.4) is 0 Å². The second-order valence-electron chi connectivity index (χ2n) is 2.28. The van der Waals surface area contributed by atoms with Crippen molar-refractivity contribution < 1.29 is 9.53 Å². The standard InChI is InChI=1S/C7H5Cl3N2O2/c1-14-5(13)4-2-11-6(12-3-4)7(8,9)10/h2-3H,1H3. The van der Waals surface area contributed by atoms with Gasteiger partial charge >= 0.3 is 5.97 Å². The number of carbonyl (C=O) groups excluding carboxylic acids is 1. The summed E-state index contributed by atoms with van der Waals surface area (Å²) in [6.45, 7) is 0. The van der Waals surface area contributed by atoms with E-state index in [0.29, 0.717) is 0 Å². The quantitative estimate of drug-likeness (QED) is 0.569. The maximum absolute atomic E-state index is 11.0. The minimum atomic E-state index is -1.69. The molecule has 0 bridgehead atoms. The van der Waals surface area contributed by atoms with E-state index in [2.05, 4.69) is 14.7 Å². The summed E-state index contributed by atoms with van der Waals surface area (Å²) in [5.41, 5.74) is 0.200. The molecule has 4 nitrogen and oxygen atoms in total. The van der Waals surface area contributed by atoms with E-state index in [0.717, 1.165) is 0 Å². The summed E-state index contributed by atoms with van der Waals surface area (Å²) < 4.78 is 2.76. The van der Waals surface area contributed by atoms with E-state index in [9.17, 15) is 4.79 Å². The van der Waals surface area contributed by atoms with Gasteiger partial charge < -0.3 is 4.74 Å². The minimum Gasteiger partial charge on any atom is -0.465 e. The molecule has 0 N–H and O–H groups in total. The maximum atomic E-state index is 11.0. The van der Waals surface area contributed by atoms with Crippen molar-refractivity contribution in [3.8, 4) is 0 Å². The number of carbonyl (C=O) groups is 1. The Morgan fingerprint density at radius 1 is 1.36 bits per heavy atom. The highest BCUT2D eigenvalue weighted by molar-refractivity contribution is 6.66. The van der Waals surface area contributed by atoms with Crippen molar-refractivity contribution in [2.75, 3.05) is 7.11 Å². The fourth-order valence-electron chi connectivity index (χ4n) is 0.698. The molecule has 0 fully saturated rings. The van der Waals surface area contributed by atoms with Crippen LogP contribution < -0.4 is 0 Å². The van der Waals surface area contributed by atoms with Crippen molar-refractivity contribution in [1.29, 1.82) is 0 Å². The van der Waals surface area contributed by atoms with Crippen molar-refractivity contribution in [2.24, 2.45) is 0 Å². The molecule has 0 radical (unpaired) electrons. The summed E-state index contributed by atoms with van der Waals surface area (Å²) >= 11 is 16.5. The number of ether oxygens (including phenoxy) is 1. The minimum absolute atomic E-state index is 0.00940. The van der Waals surface area contributed by atoms with E-state index in [1.807, 2.05) is 0 Å². The lowest BCUT2D eigenvalue weighted by Gasteiger charge is -2.08. The van der Waals surface area contributed by atoms with Crippen LogP contribution in [-0.2, 0) is 8.53 Å². The lowest BCUT2D eigenvalue weighted by Crippen LogP contribution is -2.09. The zero-order chi connectivity index (χ0) is 10.8. The lowest BCUT2D eigenvalue weighted by molar-refractivity contribution is 0.0599. The van der Waals surface area contributed by atoms with Crippen LogP contribution in [0.4, 0.5) is 0 Å². The third-order valence-corrected chi connectivity index (χ3v) is 1.83. The Labute approximate surface area is 95.2 Å². The number of rotatable bonds is 1. The molecule has 0 aliphatic rings. The van der Waals surface area contributed by atoms with E-state index >= 15 is 0 Å². The van der Waals surface area contributed by atoms with Crippen LogP contribution in [0.2, 0.25) is 0 Å². The highest BCUT2D eigenvalue weighted by atomic mass is 35.6. The molecule has 7 heteroatoms. The number of hydrogen-bond donors (Lipinski definition) is 0. The predicted octanol–water partition coefficient (Wildman–Crippen LogP) is 2.09. The largest absolute Gasteiger partial charge is 0.465 e. The summed E-state index contributed by atoms with van der Waals surface area (Å²) in [5.74, 6) is -0.531. The van der Waals surface area contributed by atoms with Crippen LogP contribution in [0.5, 0.6) is 0 Å². The number of hydrogen-bond acceptors (Lipinski definition) is 4. The fourth-order valence-corrected chi connectivity index (χ4v) is 0.990. The monoisotopic (exact) mass is 254 g/mol. The molecule has 0 aromatic carbocycles. The molecular weight excluding hydrogens is 250 g/mol. The van der Waals surface area contributed by atoms with Crippen LogP contribution in [0.25, 0.3) is 0 Å². The Bertz CT molecular complexity index is 334. The Morgan fingerprint density at radius 3 is 2.21 bits per heavy atom. The van der Waals surface area contributed by atoms with Gasteiger partial charge in [0.25, 0.3) is 0 Å². The highest BCUT2D eigenvalue weighted by Gasteiger charge is 2.26. The van der Waals surface area contributed by atoms with Crippen LogP contribution in [0.1, 0.15) is 16.2 Å². The Balaban J connectivity index is 2.95. The van der Waals surface area contributed by atoms with Gasteiger partial charge in [0.2, 0.25) is 3.79 Å². The zero-order valence-electron chi connectivity index (χ0n) is 7.00. The SMILES string of the molecule is COC(=O)c1cnc(C(Cl)(Cl)Cl)nc1. The molecule has 14 heavy (non-hydrogen) atoms. The maximum Gasteiger partial charge on any atom is 0.341 e. The number of halogens is 3. The first kappa shape index (κ1) is 11.5. The van der Waals surface area contributed by atoms with Gasteiger partial charge in [-0.1, -0.05) is 34.8 Å². The molecule has 0 unspecified atom stereocenters. The number of esters is 1. The molecule has 0 spiro atoms. The molecule has 0 saturated heterocycles. The van der Waals surface area contributed by atoms with Gasteiger partial charge in [-0.05, 0) is 0 Å². The molecule has 0 aliphatic heterocycles. The van der Waals surface area contributed by atoms with Gasteiger partial charge in [-0.25, -0.2) is 14.8 Å². The Morgan fingerprint density at radius 2 is 1.86 bits per heavy atom. The smallest absolute Gasteiger partial charge is 0.341 e. The average Bonchev–Trinajstić information content (AvgIpc) is 2.15. The summed E-state index contributed by atoms with van der Waals surface area (Å²) in [6, 6.07) is 0. The summed E-state index contributed by atoms with van der Waals surface area (Å²) in [5, 5.41) is 0. The van der Waals surface area contributed by atoms with E-state index in [1.54, 1.807) is 0 Å². The summed E-state index contributed by atoms with van der Waals surface area (Å²) in [4.78, 5) is 18.4. The second-order valence-corrected chi connectivity index (χ2v) is 4.57. The van der Waals surface area contributed by atoms with Crippen molar-refractivity contribution in [2.45, 2.75) is 3.79 Å². The van der Waals surface area contributed by atoms with Gasteiger partial charge in [0.15, 0.2) is 5.82 Å². The Hall–Kier alpha value is -0.580. The van der Waals surface area contributed by atoms with Gasteiger partial charge in [-0.15, -0.1) is 0 Å². The first-order valence-corrected chi connectivity index (χ1v) is 4.56. The molecule has 76 valence electrons. The molecule has 0 saturated carbocycles. The fraction of sp³-hybridized carbons (Fsp3) is 0.286. The predicted molar refractivity (Wildman–Crippen MR) is 52.6 cm³/mol.